The molecule has 122 valence electrons. The Morgan fingerprint density at radius 1 is 1.29 bits per heavy atom. The molecule has 1 amide bonds. The van der Waals surface area contributed by atoms with Crippen molar-refractivity contribution in [1.82, 2.24) is 15.2 Å². The van der Waals surface area contributed by atoms with E-state index in [4.69, 9.17) is 0 Å². The number of carbonyl (C=O) groups is 1. The van der Waals surface area contributed by atoms with Crippen molar-refractivity contribution in [2.45, 2.75) is 25.7 Å². The number of H-pyrrole nitrogens is 2. The summed E-state index contributed by atoms with van der Waals surface area (Å²) in [5.41, 5.74) is 3.24. The van der Waals surface area contributed by atoms with E-state index in [0.29, 0.717) is 16.6 Å². The first-order valence-electron chi connectivity index (χ1n) is 7.66. The van der Waals surface area contributed by atoms with Crippen LogP contribution in [0.15, 0.2) is 32.9 Å². The fourth-order valence-corrected chi connectivity index (χ4v) is 3.40. The Morgan fingerprint density at radius 3 is 3.00 bits per heavy atom. The van der Waals surface area contributed by atoms with Crippen LogP contribution in [0.2, 0.25) is 0 Å². The average molecular weight is 388 g/mol. The van der Waals surface area contributed by atoms with Crippen molar-refractivity contribution in [2.24, 2.45) is 10.2 Å². The lowest BCUT2D eigenvalue weighted by molar-refractivity contribution is 0.0989. The average Bonchev–Trinajstić information content (AvgIpc) is 3.13. The van der Waals surface area contributed by atoms with Crippen LogP contribution in [0.25, 0.3) is 10.9 Å². The summed E-state index contributed by atoms with van der Waals surface area (Å²) in [6, 6.07) is 5.46. The van der Waals surface area contributed by atoms with Crippen LogP contribution < -0.4 is 0 Å². The van der Waals surface area contributed by atoms with E-state index in [0.717, 1.165) is 41.4 Å². The number of rotatable bonds is 2. The van der Waals surface area contributed by atoms with Crippen molar-refractivity contribution in [3.05, 3.63) is 39.6 Å². The number of hydrogen-bond donors (Lipinski definition) is 3. The molecular weight excluding hydrogens is 374 g/mol. The van der Waals surface area contributed by atoms with Crippen LogP contribution in [0, 0.1) is 0 Å². The smallest absolute Gasteiger partial charge is 0.316 e. The Bertz CT molecular complexity index is 972. The summed E-state index contributed by atoms with van der Waals surface area (Å²) in [7, 11) is 0. The molecule has 0 saturated carbocycles. The van der Waals surface area contributed by atoms with Gasteiger partial charge in [0.15, 0.2) is 11.4 Å². The van der Waals surface area contributed by atoms with E-state index in [9.17, 15) is 9.90 Å². The zero-order chi connectivity index (χ0) is 16.7. The van der Waals surface area contributed by atoms with Gasteiger partial charge < -0.3 is 10.1 Å². The maximum atomic E-state index is 12.3. The van der Waals surface area contributed by atoms with Gasteiger partial charge in [0.05, 0.1) is 5.52 Å². The molecule has 2 heterocycles. The first kappa shape index (κ1) is 15.1. The van der Waals surface area contributed by atoms with Crippen LogP contribution in [0.5, 0.6) is 5.88 Å². The third kappa shape index (κ3) is 2.52. The number of halogens is 1. The van der Waals surface area contributed by atoms with E-state index in [-0.39, 0.29) is 11.6 Å². The molecule has 8 heteroatoms. The third-order valence-electron chi connectivity index (χ3n) is 4.21. The molecule has 0 aliphatic heterocycles. The molecule has 3 N–H and O–H groups in total. The van der Waals surface area contributed by atoms with Gasteiger partial charge in [-0.15, -0.1) is 10.2 Å². The predicted octanol–water partition coefficient (Wildman–Crippen LogP) is 4.16. The predicted molar refractivity (Wildman–Crippen MR) is 91.7 cm³/mol. The highest BCUT2D eigenvalue weighted by Gasteiger charge is 2.22. The Morgan fingerprint density at radius 2 is 2.12 bits per heavy atom. The number of nitrogens with one attached hydrogen (secondary N) is 2. The largest absolute Gasteiger partial charge is 0.493 e. The molecular formula is C16H14BrN5O2. The quantitative estimate of drug-likeness (QED) is 0.574. The summed E-state index contributed by atoms with van der Waals surface area (Å²) >= 11 is 3.38. The van der Waals surface area contributed by atoms with E-state index in [1.807, 2.05) is 12.1 Å². The Hall–Kier alpha value is -2.48. The minimum absolute atomic E-state index is 0.122. The fraction of sp³-hybridized carbons (Fsp3) is 0.250. The van der Waals surface area contributed by atoms with Gasteiger partial charge in [-0.3, -0.25) is 9.89 Å². The van der Waals surface area contributed by atoms with E-state index in [1.54, 1.807) is 6.07 Å². The molecule has 1 aliphatic carbocycles. The zero-order valence-electron chi connectivity index (χ0n) is 12.6. The number of amides is 1. The SMILES string of the molecule is O=C(N=Nc1c(O)[nH]c2ccc(Br)cc12)c1n[nH]c2c1CCCC2. The van der Waals surface area contributed by atoms with E-state index in [2.05, 4.69) is 41.3 Å². The second-order valence-electron chi connectivity index (χ2n) is 5.75. The van der Waals surface area contributed by atoms with Crippen LogP contribution in [-0.2, 0) is 12.8 Å². The molecule has 0 spiro atoms. The first-order chi connectivity index (χ1) is 11.6. The van der Waals surface area contributed by atoms with Crippen molar-refractivity contribution in [2.75, 3.05) is 0 Å². The molecule has 0 radical (unpaired) electrons. The van der Waals surface area contributed by atoms with Crippen LogP contribution >= 0.6 is 15.9 Å². The number of carbonyl (C=O) groups excluding carboxylic acids is 1. The number of azo groups is 1. The van der Waals surface area contributed by atoms with Crippen LogP contribution in [0.1, 0.15) is 34.6 Å². The number of aromatic nitrogens is 3. The zero-order valence-corrected chi connectivity index (χ0v) is 14.2. The first-order valence-corrected chi connectivity index (χ1v) is 8.45. The van der Waals surface area contributed by atoms with Crippen molar-refractivity contribution >= 4 is 38.4 Å². The van der Waals surface area contributed by atoms with Gasteiger partial charge in [0.25, 0.3) is 0 Å². The van der Waals surface area contributed by atoms with Gasteiger partial charge in [0.1, 0.15) is 0 Å². The highest BCUT2D eigenvalue weighted by molar-refractivity contribution is 9.10. The summed E-state index contributed by atoms with van der Waals surface area (Å²) in [4.78, 5) is 15.2. The van der Waals surface area contributed by atoms with Crippen LogP contribution in [-0.4, -0.2) is 26.2 Å². The Labute approximate surface area is 145 Å². The number of nitrogens with zero attached hydrogens (tertiary/aromatic N) is 3. The topological polar surface area (TPSA) is 106 Å². The summed E-state index contributed by atoms with van der Waals surface area (Å²) in [5, 5.41) is 25.4. The molecule has 0 saturated heterocycles. The summed E-state index contributed by atoms with van der Waals surface area (Å²) < 4.78 is 0.846. The summed E-state index contributed by atoms with van der Waals surface area (Å²) in [6.07, 6.45) is 3.88. The van der Waals surface area contributed by atoms with Crippen molar-refractivity contribution < 1.29 is 9.90 Å². The molecule has 3 aromatic rings. The lowest BCUT2D eigenvalue weighted by Gasteiger charge is -2.09. The molecule has 4 rings (SSSR count). The third-order valence-corrected chi connectivity index (χ3v) is 4.71. The number of aromatic hydroxyl groups is 1. The van der Waals surface area contributed by atoms with Crippen molar-refractivity contribution in [3.63, 3.8) is 0 Å². The Kier molecular flexibility index (Phi) is 3.68. The lowest BCUT2D eigenvalue weighted by Crippen LogP contribution is -2.05. The highest BCUT2D eigenvalue weighted by Crippen LogP contribution is 2.37. The molecule has 0 unspecified atom stereocenters. The fourth-order valence-electron chi connectivity index (χ4n) is 3.04. The number of aryl methyl sites for hydroxylation is 1. The van der Waals surface area contributed by atoms with Crippen LogP contribution in [0.4, 0.5) is 5.69 Å². The van der Waals surface area contributed by atoms with Gasteiger partial charge in [0, 0.05) is 21.1 Å². The molecule has 2 aromatic heterocycles. The van der Waals surface area contributed by atoms with Crippen LogP contribution in [0.3, 0.4) is 0 Å². The minimum atomic E-state index is -0.502. The van der Waals surface area contributed by atoms with Gasteiger partial charge in [-0.1, -0.05) is 15.9 Å². The van der Waals surface area contributed by atoms with Crippen molar-refractivity contribution in [1.29, 1.82) is 0 Å². The minimum Gasteiger partial charge on any atom is -0.493 e. The number of fused-ring (bicyclic) bond motifs is 2. The normalized spacial score (nSPS) is 14.4. The highest BCUT2D eigenvalue weighted by atomic mass is 79.9. The van der Waals surface area contributed by atoms with Crippen molar-refractivity contribution in [3.8, 4) is 5.88 Å². The molecule has 24 heavy (non-hydrogen) atoms. The molecule has 1 aliphatic rings. The van der Waals surface area contributed by atoms with E-state index in [1.165, 1.54) is 0 Å². The monoisotopic (exact) mass is 387 g/mol. The Balaban J connectivity index is 1.68. The number of hydrogen-bond acceptors (Lipinski definition) is 4. The number of aromatic amines is 2. The molecule has 1 aromatic carbocycles. The molecule has 0 atom stereocenters. The summed E-state index contributed by atoms with van der Waals surface area (Å²) in [5.74, 6) is -0.623. The molecule has 7 nitrogen and oxygen atoms in total. The van der Waals surface area contributed by atoms with Gasteiger partial charge in [-0.2, -0.15) is 5.10 Å². The van der Waals surface area contributed by atoms with E-state index < -0.39 is 5.91 Å². The van der Waals surface area contributed by atoms with Gasteiger partial charge in [-0.05, 0) is 43.9 Å². The maximum absolute atomic E-state index is 12.3. The second kappa shape index (κ2) is 5.86. The van der Waals surface area contributed by atoms with E-state index >= 15 is 0 Å². The maximum Gasteiger partial charge on any atom is 0.316 e. The molecule has 0 bridgehead atoms. The van der Waals surface area contributed by atoms with Gasteiger partial charge in [0.2, 0.25) is 5.88 Å². The van der Waals surface area contributed by atoms with Gasteiger partial charge in [-0.25, -0.2) is 0 Å². The lowest BCUT2D eigenvalue weighted by atomic mass is 9.96. The molecule has 0 fully saturated rings. The second-order valence-corrected chi connectivity index (χ2v) is 6.67. The summed E-state index contributed by atoms with van der Waals surface area (Å²) in [6.45, 7) is 0. The van der Waals surface area contributed by atoms with Gasteiger partial charge >= 0.3 is 5.91 Å². The number of benzene rings is 1. The standard InChI is InChI=1S/C16H14BrN5O2/c17-8-5-6-11-10(7-8)14(15(23)18-11)21-22-16(24)13-9-3-1-2-4-12(9)19-20-13/h5-7,18,23H,1-4H2,(H,19,20).